The Bertz CT molecular complexity index is 861. The number of amides is 1. The zero-order chi connectivity index (χ0) is 19.8. The van der Waals surface area contributed by atoms with Crippen molar-refractivity contribution >= 4 is 41.5 Å². The number of nitrogens with two attached hydrogens (primary N) is 2. The molecule has 0 atom stereocenters. The first-order chi connectivity index (χ1) is 13.7. The number of hydrogen-bond donors (Lipinski definition) is 5. The Morgan fingerprint density at radius 2 is 2.14 bits per heavy atom. The quantitative estimate of drug-likeness (QED) is 0.205. The molecule has 0 aliphatic heterocycles. The number of nitrogens with zero attached hydrogens (tertiary/aromatic N) is 3. The third kappa shape index (κ3) is 5.34. The first-order valence-corrected chi connectivity index (χ1v) is 9.31. The van der Waals surface area contributed by atoms with Gasteiger partial charge in [-0.2, -0.15) is 10.4 Å². The molecule has 3 rings (SSSR count). The molecule has 28 heavy (non-hydrogen) atoms. The predicted molar refractivity (Wildman–Crippen MR) is 110 cm³/mol. The second-order valence-corrected chi connectivity index (χ2v) is 6.64. The van der Waals surface area contributed by atoms with Gasteiger partial charge in [-0.3, -0.25) is 4.79 Å². The van der Waals surface area contributed by atoms with E-state index in [0.29, 0.717) is 17.8 Å². The molecule has 0 saturated heterocycles. The minimum atomic E-state index is -0.593. The summed E-state index contributed by atoms with van der Waals surface area (Å²) in [7, 11) is 0. The second kappa shape index (κ2) is 9.56. The van der Waals surface area contributed by atoms with E-state index in [1.165, 1.54) is 31.7 Å². The number of rotatable bonds is 8. The number of aromatic nitrogens is 2. The highest BCUT2D eigenvalue weighted by atomic mass is 16.1. The van der Waals surface area contributed by atoms with Crippen molar-refractivity contribution < 1.29 is 10.2 Å². The van der Waals surface area contributed by atoms with Gasteiger partial charge in [-0.25, -0.2) is 4.98 Å². The molecule has 0 bridgehead atoms. The minimum Gasteiger partial charge on any atom is -0.365 e. The Balaban J connectivity index is 1.79. The summed E-state index contributed by atoms with van der Waals surface area (Å²) in [6.07, 6.45) is 9.81. The fourth-order valence-corrected chi connectivity index (χ4v) is 3.16. The van der Waals surface area contributed by atoms with Crippen LogP contribution in [-0.4, -0.2) is 34.3 Å². The van der Waals surface area contributed by atoms with E-state index < -0.39 is 5.91 Å². The lowest BCUT2D eigenvalue weighted by atomic mass is 9.96. The lowest BCUT2D eigenvalue weighted by Gasteiger charge is -2.23. The van der Waals surface area contributed by atoms with Crippen LogP contribution in [0, 0.1) is 5.41 Å². The van der Waals surface area contributed by atoms with Gasteiger partial charge in [0.2, 0.25) is 5.95 Å². The van der Waals surface area contributed by atoms with Crippen molar-refractivity contribution in [1.82, 2.24) is 9.97 Å². The summed E-state index contributed by atoms with van der Waals surface area (Å²) in [5, 5.41) is 17.5. The summed E-state index contributed by atoms with van der Waals surface area (Å²) >= 11 is 0. The first kappa shape index (κ1) is 19.4. The maximum Gasteiger partial charge on any atom is 0.254 e. The van der Waals surface area contributed by atoms with Gasteiger partial charge in [0.25, 0.3) is 5.91 Å². The molecule has 1 fully saturated rings. The molecular formula is C19H25N8O+. The normalized spacial score (nSPS) is 14.7. The van der Waals surface area contributed by atoms with Gasteiger partial charge in [0.1, 0.15) is 17.6 Å². The van der Waals surface area contributed by atoms with Crippen LogP contribution in [0.1, 0.15) is 42.5 Å². The molecule has 1 aromatic heterocycles. The molecule has 1 amide bonds. The third-order valence-electron chi connectivity index (χ3n) is 4.53. The zero-order valence-electron chi connectivity index (χ0n) is 15.6. The Morgan fingerprint density at radius 3 is 2.89 bits per heavy atom. The van der Waals surface area contributed by atoms with Gasteiger partial charge >= 0.3 is 0 Å². The molecule has 1 aromatic carbocycles. The van der Waals surface area contributed by atoms with Gasteiger partial charge in [0.05, 0.1) is 0 Å². The molecule has 1 saturated carbocycles. The molecule has 0 spiro atoms. The van der Waals surface area contributed by atoms with Crippen LogP contribution < -0.4 is 21.8 Å². The smallest absolute Gasteiger partial charge is 0.254 e. The zero-order valence-corrected chi connectivity index (χ0v) is 15.6. The van der Waals surface area contributed by atoms with E-state index in [4.69, 9.17) is 11.1 Å². The van der Waals surface area contributed by atoms with Gasteiger partial charge < -0.3 is 21.8 Å². The fraction of sp³-hybridized carbons (Fsp3) is 0.316. The lowest BCUT2D eigenvalue weighted by Crippen LogP contribution is -2.71. The van der Waals surface area contributed by atoms with Crippen molar-refractivity contribution in [2.24, 2.45) is 10.8 Å². The lowest BCUT2D eigenvalue weighted by molar-refractivity contribution is -0.576. The summed E-state index contributed by atoms with van der Waals surface area (Å²) in [5.41, 5.74) is 8.94. The summed E-state index contributed by atoms with van der Waals surface area (Å²) in [6.45, 7) is 0. The molecule has 0 unspecified atom stereocenters. The van der Waals surface area contributed by atoms with Crippen molar-refractivity contribution in [2.75, 3.05) is 10.6 Å². The standard InChI is InChI=1S/C19H24N8O/c20-9-10-23-27-15-8-4-7-14(11-15)24-18-16(17(21)28)12-22-19(26-18)25-13-5-2-1-3-6-13/h4,7-13,20,27H,1-3,5-6H2,(H2,21,28)(H2,22,24,25,26)/p+1/b20-9?,23-10-. The van der Waals surface area contributed by atoms with Crippen LogP contribution in [0.5, 0.6) is 0 Å². The van der Waals surface area contributed by atoms with Crippen LogP contribution in [0.2, 0.25) is 0 Å². The molecule has 1 aliphatic carbocycles. The fourth-order valence-electron chi connectivity index (χ4n) is 3.16. The molecule has 9 nitrogen and oxygen atoms in total. The van der Waals surface area contributed by atoms with Crippen LogP contribution in [0.15, 0.2) is 35.6 Å². The number of carbonyl (C=O) groups excluding carboxylic acids is 1. The van der Waals surface area contributed by atoms with Gasteiger partial charge in [-0.05, 0) is 18.9 Å². The minimum absolute atomic E-state index is 0.227. The topological polar surface area (TPSA) is 146 Å². The van der Waals surface area contributed by atoms with Crippen molar-refractivity contribution in [3.05, 3.63) is 36.0 Å². The van der Waals surface area contributed by atoms with Crippen molar-refractivity contribution in [3.63, 3.8) is 0 Å². The molecule has 7 N–H and O–H groups in total. The largest absolute Gasteiger partial charge is 0.365 e. The molecule has 1 heterocycles. The monoisotopic (exact) mass is 381 g/mol. The number of anilines is 3. The highest BCUT2D eigenvalue weighted by molar-refractivity contribution is 6.14. The SMILES string of the molecule is N=C/C=N\[NH2+]c1cccc(Nc2nc(NC3CCCCC3)ncc2C(N)=O)c1. The van der Waals surface area contributed by atoms with Crippen LogP contribution in [0.25, 0.3) is 0 Å². The Labute approximate surface area is 163 Å². The van der Waals surface area contributed by atoms with Gasteiger partial charge in [-0.15, -0.1) is 0 Å². The van der Waals surface area contributed by atoms with Crippen molar-refractivity contribution in [3.8, 4) is 0 Å². The summed E-state index contributed by atoms with van der Waals surface area (Å²) in [6, 6.07) is 7.82. The van der Waals surface area contributed by atoms with Crippen LogP contribution in [0.3, 0.4) is 0 Å². The van der Waals surface area contributed by atoms with Crippen LogP contribution >= 0.6 is 0 Å². The summed E-state index contributed by atoms with van der Waals surface area (Å²) < 4.78 is 0. The average Bonchev–Trinajstić information content (AvgIpc) is 2.69. The molecular weight excluding hydrogens is 356 g/mol. The number of benzene rings is 1. The Hall–Kier alpha value is -3.33. The van der Waals surface area contributed by atoms with Crippen molar-refractivity contribution in [1.29, 1.82) is 5.41 Å². The van der Waals surface area contributed by atoms with Gasteiger partial charge in [0, 0.05) is 36.3 Å². The van der Waals surface area contributed by atoms with Crippen molar-refractivity contribution in [2.45, 2.75) is 38.1 Å². The molecule has 9 heteroatoms. The second-order valence-electron chi connectivity index (χ2n) is 6.64. The summed E-state index contributed by atoms with van der Waals surface area (Å²) in [5.74, 6) is 0.253. The van der Waals surface area contributed by atoms with E-state index in [1.807, 2.05) is 24.3 Å². The average molecular weight is 381 g/mol. The van der Waals surface area contributed by atoms with E-state index in [0.717, 1.165) is 30.4 Å². The predicted octanol–water partition coefficient (Wildman–Crippen LogP) is 1.89. The Kier molecular flexibility index (Phi) is 6.64. The molecule has 2 aromatic rings. The van der Waals surface area contributed by atoms with E-state index >= 15 is 0 Å². The van der Waals surface area contributed by atoms with E-state index in [2.05, 4.69) is 25.7 Å². The molecule has 1 aliphatic rings. The maximum absolute atomic E-state index is 11.8. The van der Waals surface area contributed by atoms with Gasteiger partial charge in [0.15, 0.2) is 5.69 Å². The molecule has 146 valence electrons. The maximum atomic E-state index is 11.8. The van der Waals surface area contributed by atoms with E-state index in [9.17, 15) is 4.79 Å². The number of quaternary nitrogens is 1. The van der Waals surface area contributed by atoms with E-state index in [-0.39, 0.29) is 5.56 Å². The van der Waals surface area contributed by atoms with Gasteiger partial charge in [-0.1, -0.05) is 30.4 Å². The summed E-state index contributed by atoms with van der Waals surface area (Å²) in [4.78, 5) is 20.5. The van der Waals surface area contributed by atoms with Crippen LogP contribution in [0.4, 0.5) is 23.1 Å². The molecule has 0 radical (unpaired) electrons. The van der Waals surface area contributed by atoms with Crippen LogP contribution in [-0.2, 0) is 0 Å². The highest BCUT2D eigenvalue weighted by Gasteiger charge is 2.17. The number of nitrogens with one attached hydrogen (secondary N) is 3. The third-order valence-corrected chi connectivity index (χ3v) is 4.53. The highest BCUT2D eigenvalue weighted by Crippen LogP contribution is 2.23. The van der Waals surface area contributed by atoms with E-state index in [1.54, 1.807) is 5.43 Å². The Morgan fingerprint density at radius 1 is 1.32 bits per heavy atom. The first-order valence-electron chi connectivity index (χ1n) is 9.31. The number of hydrogen-bond acceptors (Lipinski definition) is 7. The number of carbonyl (C=O) groups is 1. The number of primary amides is 1.